The molecule has 1 aromatic rings. The van der Waals surface area contributed by atoms with Crippen molar-refractivity contribution in [2.75, 3.05) is 11.4 Å². The predicted molar refractivity (Wildman–Crippen MR) is 61.1 cm³/mol. The van der Waals surface area contributed by atoms with Crippen LogP contribution >= 0.6 is 0 Å². The van der Waals surface area contributed by atoms with E-state index in [1.807, 2.05) is 5.43 Å². The van der Waals surface area contributed by atoms with E-state index < -0.39 is 12.0 Å². The molecule has 1 fully saturated rings. The van der Waals surface area contributed by atoms with E-state index >= 15 is 0 Å². The number of carbonyl (C=O) groups excluding carboxylic acids is 2. The number of amides is 2. The van der Waals surface area contributed by atoms with Gasteiger partial charge >= 0.3 is 0 Å². The number of β-amino-alcohol motifs (C(OH)–C–C–N with tert-alkyl or cyclic N) is 1. The van der Waals surface area contributed by atoms with E-state index in [4.69, 9.17) is 5.84 Å². The van der Waals surface area contributed by atoms with Crippen LogP contribution in [0.25, 0.3) is 0 Å². The first kappa shape index (κ1) is 11.6. The molecule has 90 valence electrons. The zero-order chi connectivity index (χ0) is 12.4. The summed E-state index contributed by atoms with van der Waals surface area (Å²) in [4.78, 5) is 24.4. The standard InChI is InChI=1S/C11H13N3O3/c12-13-11(17)7-2-1-3-8(4-7)14-6-9(15)5-10(14)16/h1-4,9,15H,5-6,12H2,(H,13,17). The normalized spacial score (nSPS) is 19.5. The molecule has 0 aromatic heterocycles. The summed E-state index contributed by atoms with van der Waals surface area (Å²) in [6.07, 6.45) is -0.526. The zero-order valence-corrected chi connectivity index (χ0v) is 9.09. The summed E-state index contributed by atoms with van der Waals surface area (Å²) in [5.41, 5.74) is 2.99. The predicted octanol–water partition coefficient (Wildman–Crippen LogP) is -0.612. The molecular formula is C11H13N3O3. The van der Waals surface area contributed by atoms with Crippen molar-refractivity contribution in [2.45, 2.75) is 12.5 Å². The molecule has 6 heteroatoms. The Morgan fingerprint density at radius 2 is 2.29 bits per heavy atom. The first-order valence-corrected chi connectivity index (χ1v) is 5.21. The highest BCUT2D eigenvalue weighted by Crippen LogP contribution is 2.22. The second-order valence-electron chi connectivity index (χ2n) is 3.89. The third-order valence-electron chi connectivity index (χ3n) is 2.66. The average Bonchev–Trinajstić information content (AvgIpc) is 2.67. The van der Waals surface area contributed by atoms with Gasteiger partial charge in [-0.3, -0.25) is 15.0 Å². The van der Waals surface area contributed by atoms with Crippen molar-refractivity contribution in [3.8, 4) is 0 Å². The summed E-state index contributed by atoms with van der Waals surface area (Å²) in [6, 6.07) is 6.54. The summed E-state index contributed by atoms with van der Waals surface area (Å²) in [6.45, 7) is 0.256. The summed E-state index contributed by atoms with van der Waals surface area (Å²) < 4.78 is 0. The molecule has 2 rings (SSSR count). The summed E-state index contributed by atoms with van der Waals surface area (Å²) in [5, 5.41) is 9.39. The van der Waals surface area contributed by atoms with E-state index in [1.165, 1.54) is 4.90 Å². The van der Waals surface area contributed by atoms with Gasteiger partial charge in [0.1, 0.15) is 0 Å². The highest BCUT2D eigenvalue weighted by molar-refractivity contribution is 5.99. The van der Waals surface area contributed by atoms with Crippen LogP contribution in [0.4, 0.5) is 5.69 Å². The number of nitrogens with two attached hydrogens (primary N) is 1. The van der Waals surface area contributed by atoms with Gasteiger partial charge in [0.2, 0.25) is 5.91 Å². The van der Waals surface area contributed by atoms with Crippen molar-refractivity contribution >= 4 is 17.5 Å². The van der Waals surface area contributed by atoms with Gasteiger partial charge in [-0.1, -0.05) is 6.07 Å². The molecule has 2 amide bonds. The van der Waals surface area contributed by atoms with Crippen molar-refractivity contribution < 1.29 is 14.7 Å². The van der Waals surface area contributed by atoms with Gasteiger partial charge in [-0.2, -0.15) is 0 Å². The van der Waals surface area contributed by atoms with E-state index in [9.17, 15) is 14.7 Å². The molecule has 1 unspecified atom stereocenters. The van der Waals surface area contributed by atoms with Gasteiger partial charge in [0, 0.05) is 11.3 Å². The number of nitrogens with one attached hydrogen (secondary N) is 1. The first-order valence-electron chi connectivity index (χ1n) is 5.21. The highest BCUT2D eigenvalue weighted by atomic mass is 16.3. The van der Waals surface area contributed by atoms with Gasteiger partial charge in [0.15, 0.2) is 0 Å². The van der Waals surface area contributed by atoms with Crippen molar-refractivity contribution in [1.82, 2.24) is 5.43 Å². The number of aliphatic hydroxyl groups excluding tert-OH is 1. The van der Waals surface area contributed by atoms with Crippen LogP contribution in [-0.4, -0.2) is 29.6 Å². The Labute approximate surface area is 98.0 Å². The lowest BCUT2D eigenvalue weighted by atomic mass is 10.2. The Morgan fingerprint density at radius 3 is 2.88 bits per heavy atom. The number of aliphatic hydroxyl groups is 1. The maximum absolute atomic E-state index is 11.6. The quantitative estimate of drug-likeness (QED) is 0.362. The van der Waals surface area contributed by atoms with Crippen LogP contribution in [0.1, 0.15) is 16.8 Å². The fourth-order valence-corrected chi connectivity index (χ4v) is 1.84. The van der Waals surface area contributed by atoms with Crippen LogP contribution in [0, 0.1) is 0 Å². The number of anilines is 1. The minimum absolute atomic E-state index is 0.118. The Kier molecular flexibility index (Phi) is 3.08. The van der Waals surface area contributed by atoms with Gasteiger partial charge in [0.25, 0.3) is 5.91 Å². The molecule has 0 saturated carbocycles. The Bertz CT molecular complexity index is 461. The average molecular weight is 235 g/mol. The number of benzene rings is 1. The lowest BCUT2D eigenvalue weighted by Gasteiger charge is -2.16. The number of nitrogen functional groups attached to an aromatic ring is 1. The molecule has 0 bridgehead atoms. The minimum Gasteiger partial charge on any atom is -0.391 e. The molecule has 0 spiro atoms. The van der Waals surface area contributed by atoms with Crippen molar-refractivity contribution in [3.05, 3.63) is 29.8 Å². The lowest BCUT2D eigenvalue weighted by molar-refractivity contribution is -0.117. The molecule has 1 saturated heterocycles. The third-order valence-corrected chi connectivity index (χ3v) is 2.66. The number of hydrazine groups is 1. The van der Waals surface area contributed by atoms with Crippen LogP contribution in [0.15, 0.2) is 24.3 Å². The van der Waals surface area contributed by atoms with Crippen LogP contribution in [0.5, 0.6) is 0 Å². The molecule has 1 heterocycles. The highest BCUT2D eigenvalue weighted by Gasteiger charge is 2.29. The largest absolute Gasteiger partial charge is 0.391 e. The molecule has 0 radical (unpaired) electrons. The molecule has 1 atom stereocenters. The van der Waals surface area contributed by atoms with Crippen LogP contribution < -0.4 is 16.2 Å². The first-order chi connectivity index (χ1) is 8.11. The lowest BCUT2D eigenvalue weighted by Crippen LogP contribution is -2.30. The number of nitrogens with zero attached hydrogens (tertiary/aromatic N) is 1. The summed E-state index contributed by atoms with van der Waals surface area (Å²) in [7, 11) is 0. The minimum atomic E-state index is -0.644. The topological polar surface area (TPSA) is 95.7 Å². The number of hydrogen-bond donors (Lipinski definition) is 3. The zero-order valence-electron chi connectivity index (χ0n) is 9.09. The summed E-state index contributed by atoms with van der Waals surface area (Å²) in [5.74, 6) is 4.47. The van der Waals surface area contributed by atoms with Gasteiger partial charge in [-0.25, -0.2) is 5.84 Å². The molecule has 1 aliphatic rings. The van der Waals surface area contributed by atoms with Crippen LogP contribution in [0.3, 0.4) is 0 Å². The van der Waals surface area contributed by atoms with Gasteiger partial charge in [0.05, 0.1) is 19.1 Å². The maximum atomic E-state index is 11.6. The van der Waals surface area contributed by atoms with Crippen molar-refractivity contribution in [1.29, 1.82) is 0 Å². The molecule has 1 aliphatic heterocycles. The maximum Gasteiger partial charge on any atom is 0.265 e. The Hall–Kier alpha value is -1.92. The fourth-order valence-electron chi connectivity index (χ4n) is 1.84. The third kappa shape index (κ3) is 2.27. The fraction of sp³-hybridized carbons (Fsp3) is 0.273. The van der Waals surface area contributed by atoms with E-state index in [0.717, 1.165) is 0 Å². The molecule has 0 aliphatic carbocycles. The second-order valence-corrected chi connectivity index (χ2v) is 3.89. The van der Waals surface area contributed by atoms with Gasteiger partial charge < -0.3 is 10.0 Å². The van der Waals surface area contributed by atoms with E-state index in [2.05, 4.69) is 0 Å². The molecular weight excluding hydrogens is 222 g/mol. The van der Waals surface area contributed by atoms with Gasteiger partial charge in [-0.05, 0) is 18.2 Å². The summed E-state index contributed by atoms with van der Waals surface area (Å²) >= 11 is 0. The molecule has 17 heavy (non-hydrogen) atoms. The van der Waals surface area contributed by atoms with Crippen molar-refractivity contribution in [3.63, 3.8) is 0 Å². The molecule has 1 aromatic carbocycles. The van der Waals surface area contributed by atoms with Crippen LogP contribution in [0.2, 0.25) is 0 Å². The second kappa shape index (κ2) is 4.52. The smallest absolute Gasteiger partial charge is 0.265 e. The Morgan fingerprint density at radius 1 is 1.53 bits per heavy atom. The van der Waals surface area contributed by atoms with Crippen molar-refractivity contribution in [2.24, 2.45) is 5.84 Å². The van der Waals surface area contributed by atoms with E-state index in [-0.39, 0.29) is 18.9 Å². The van der Waals surface area contributed by atoms with Crippen LogP contribution in [-0.2, 0) is 4.79 Å². The van der Waals surface area contributed by atoms with E-state index in [0.29, 0.717) is 11.3 Å². The van der Waals surface area contributed by atoms with Gasteiger partial charge in [-0.15, -0.1) is 0 Å². The monoisotopic (exact) mass is 235 g/mol. The molecule has 4 N–H and O–H groups in total. The number of carbonyl (C=O) groups is 2. The van der Waals surface area contributed by atoms with E-state index in [1.54, 1.807) is 24.3 Å². The number of rotatable bonds is 2. The Balaban J connectivity index is 2.27. The number of hydrogen-bond acceptors (Lipinski definition) is 4. The molecule has 6 nitrogen and oxygen atoms in total. The SMILES string of the molecule is NNC(=O)c1cccc(N2CC(O)CC2=O)c1.